The molecule has 1 aromatic heterocycles. The maximum atomic E-state index is 13.2. The summed E-state index contributed by atoms with van der Waals surface area (Å²) >= 11 is 6.11. The second kappa shape index (κ2) is 7.58. The number of nitrogens with one attached hydrogen (secondary N) is 1. The summed E-state index contributed by atoms with van der Waals surface area (Å²) < 4.78 is 18.7. The third-order valence-electron chi connectivity index (χ3n) is 6.31. The van der Waals surface area contributed by atoms with Crippen LogP contribution in [0.2, 0.25) is 5.02 Å². The van der Waals surface area contributed by atoms with Crippen LogP contribution in [0, 0.1) is 23.6 Å². The molecule has 28 heavy (non-hydrogen) atoms. The number of halogens is 2. The molecule has 3 atom stereocenters. The normalized spacial score (nSPS) is 27.6. The number of benzene rings is 1. The number of anilines is 1. The molecule has 5 rings (SSSR count). The molecule has 0 bridgehead atoms. The second-order valence-corrected chi connectivity index (χ2v) is 8.61. The Balaban J connectivity index is 1.14. The van der Waals surface area contributed by atoms with Crippen molar-refractivity contribution in [3.05, 3.63) is 41.2 Å². The maximum absolute atomic E-state index is 13.2. The lowest BCUT2D eigenvalue weighted by Crippen LogP contribution is -2.34. The lowest BCUT2D eigenvalue weighted by molar-refractivity contribution is 0.0540. The van der Waals surface area contributed by atoms with E-state index >= 15 is 0 Å². The number of ether oxygens (including phenoxy) is 1. The highest BCUT2D eigenvalue weighted by molar-refractivity contribution is 6.33. The maximum Gasteiger partial charge on any atom is 0.148 e. The molecule has 0 radical (unpaired) electrons. The van der Waals surface area contributed by atoms with E-state index in [1.165, 1.54) is 44.6 Å². The van der Waals surface area contributed by atoms with Crippen molar-refractivity contribution in [1.29, 1.82) is 0 Å². The molecule has 7 heteroatoms. The van der Waals surface area contributed by atoms with Gasteiger partial charge in [-0.05, 0) is 60.9 Å². The van der Waals surface area contributed by atoms with E-state index in [9.17, 15) is 4.39 Å². The average Bonchev–Trinajstić information content (AvgIpc) is 3.14. The third-order valence-corrected chi connectivity index (χ3v) is 6.63. The van der Waals surface area contributed by atoms with Crippen LogP contribution in [0.1, 0.15) is 12.8 Å². The number of aromatic nitrogens is 2. The fourth-order valence-corrected chi connectivity index (χ4v) is 4.96. The molecule has 1 saturated carbocycles. The van der Waals surface area contributed by atoms with Crippen molar-refractivity contribution in [1.82, 2.24) is 15.1 Å². The molecule has 5 nitrogen and oxygen atoms in total. The molecule has 1 aliphatic carbocycles. The predicted molar refractivity (Wildman–Crippen MR) is 107 cm³/mol. The molecule has 3 fully saturated rings. The van der Waals surface area contributed by atoms with Crippen LogP contribution in [-0.4, -0.2) is 54.0 Å². The summed E-state index contributed by atoms with van der Waals surface area (Å²) in [5.41, 5.74) is 1.34. The van der Waals surface area contributed by atoms with Gasteiger partial charge in [-0.1, -0.05) is 11.6 Å². The fourth-order valence-electron chi connectivity index (χ4n) is 4.69. The van der Waals surface area contributed by atoms with Gasteiger partial charge in [0.05, 0.1) is 10.7 Å². The summed E-state index contributed by atoms with van der Waals surface area (Å²) in [6, 6.07) is 8.61. The van der Waals surface area contributed by atoms with Crippen LogP contribution < -0.4 is 5.32 Å². The van der Waals surface area contributed by atoms with Crippen molar-refractivity contribution >= 4 is 17.4 Å². The van der Waals surface area contributed by atoms with Gasteiger partial charge in [-0.2, -0.15) is 0 Å². The van der Waals surface area contributed by atoms with E-state index in [-0.39, 0.29) is 5.82 Å². The summed E-state index contributed by atoms with van der Waals surface area (Å²) in [4.78, 5) is 2.62. The van der Waals surface area contributed by atoms with Crippen molar-refractivity contribution in [3.8, 4) is 11.3 Å². The zero-order valence-corrected chi connectivity index (χ0v) is 16.4. The SMILES string of the molecule is Fc1ccc(-c2ccc(NC3[C@H]4CN(CC5CCOCC5)C[C@@H]34)nn2)c(Cl)c1. The molecule has 1 N–H and O–H groups in total. The molecular weight excluding hydrogens is 379 g/mol. The Morgan fingerprint density at radius 3 is 2.57 bits per heavy atom. The third kappa shape index (κ3) is 3.73. The van der Waals surface area contributed by atoms with E-state index in [2.05, 4.69) is 20.4 Å². The largest absolute Gasteiger partial charge is 0.381 e. The zero-order chi connectivity index (χ0) is 19.1. The first-order valence-corrected chi connectivity index (χ1v) is 10.4. The van der Waals surface area contributed by atoms with E-state index in [4.69, 9.17) is 16.3 Å². The Labute approximate surface area is 169 Å². The number of hydrogen-bond donors (Lipinski definition) is 1. The Morgan fingerprint density at radius 2 is 1.89 bits per heavy atom. The van der Waals surface area contributed by atoms with Gasteiger partial charge in [0.25, 0.3) is 0 Å². The summed E-state index contributed by atoms with van der Waals surface area (Å²) in [5, 5.41) is 12.4. The summed E-state index contributed by atoms with van der Waals surface area (Å²) in [6.45, 7) is 5.42. The van der Waals surface area contributed by atoms with Crippen molar-refractivity contribution in [2.75, 3.05) is 38.2 Å². The Hall–Kier alpha value is -1.76. The predicted octanol–water partition coefficient (Wildman–Crippen LogP) is 3.70. The number of likely N-dealkylation sites (tertiary alicyclic amines) is 1. The molecule has 0 amide bonds. The monoisotopic (exact) mass is 402 g/mol. The summed E-state index contributed by atoms with van der Waals surface area (Å²) in [7, 11) is 0. The lowest BCUT2D eigenvalue weighted by atomic mass is 10.00. The van der Waals surface area contributed by atoms with Gasteiger partial charge in [-0.15, -0.1) is 10.2 Å². The molecule has 0 spiro atoms. The highest BCUT2D eigenvalue weighted by Gasteiger charge is 2.55. The van der Waals surface area contributed by atoms with Crippen molar-refractivity contribution < 1.29 is 9.13 Å². The van der Waals surface area contributed by atoms with E-state index in [0.29, 0.717) is 34.2 Å². The molecule has 1 aromatic carbocycles. The van der Waals surface area contributed by atoms with Crippen LogP contribution in [0.3, 0.4) is 0 Å². The number of fused-ring (bicyclic) bond motifs is 1. The number of rotatable bonds is 5. The van der Waals surface area contributed by atoms with Gasteiger partial charge >= 0.3 is 0 Å². The van der Waals surface area contributed by atoms with Gasteiger partial charge in [-0.25, -0.2) is 4.39 Å². The Bertz CT molecular complexity index is 831. The number of hydrogen-bond acceptors (Lipinski definition) is 5. The smallest absolute Gasteiger partial charge is 0.148 e. The molecule has 148 valence electrons. The number of piperidine rings is 1. The van der Waals surface area contributed by atoms with Crippen molar-refractivity contribution in [3.63, 3.8) is 0 Å². The summed E-state index contributed by atoms with van der Waals surface area (Å²) in [5.74, 6) is 2.67. The first-order valence-electron chi connectivity index (χ1n) is 10.0. The molecular formula is C21H24ClFN4O. The molecule has 3 aliphatic rings. The fraction of sp³-hybridized carbons (Fsp3) is 0.524. The minimum Gasteiger partial charge on any atom is -0.381 e. The minimum absolute atomic E-state index is 0.344. The quantitative estimate of drug-likeness (QED) is 0.826. The standard InChI is InChI=1S/C21H24ClFN4O/c22-18-9-14(23)1-2-15(18)19-3-4-20(26-25-19)24-21-16-11-27(12-17(16)21)10-13-5-7-28-8-6-13/h1-4,9,13,16-17,21H,5-8,10-12H2,(H,24,26)/t16-,17+,21?. The zero-order valence-electron chi connectivity index (χ0n) is 15.7. The topological polar surface area (TPSA) is 50.3 Å². The van der Waals surface area contributed by atoms with Crippen LogP contribution >= 0.6 is 11.6 Å². The van der Waals surface area contributed by atoms with Gasteiger partial charge in [0.2, 0.25) is 0 Å². The molecule has 2 aromatic rings. The van der Waals surface area contributed by atoms with Crippen LogP contribution in [0.25, 0.3) is 11.3 Å². The second-order valence-electron chi connectivity index (χ2n) is 8.20. The minimum atomic E-state index is -0.355. The van der Waals surface area contributed by atoms with Gasteiger partial charge in [-0.3, -0.25) is 0 Å². The van der Waals surface area contributed by atoms with E-state index in [1.807, 2.05) is 12.1 Å². The van der Waals surface area contributed by atoms with E-state index in [0.717, 1.165) is 24.9 Å². The Kier molecular flexibility index (Phi) is 4.95. The lowest BCUT2D eigenvalue weighted by Gasteiger charge is -2.28. The molecule has 2 saturated heterocycles. The van der Waals surface area contributed by atoms with Crippen LogP contribution in [0.15, 0.2) is 30.3 Å². The van der Waals surface area contributed by atoms with E-state index in [1.54, 1.807) is 6.07 Å². The van der Waals surface area contributed by atoms with Crippen molar-refractivity contribution in [2.45, 2.75) is 18.9 Å². The first kappa shape index (κ1) is 18.3. The summed E-state index contributed by atoms with van der Waals surface area (Å²) in [6.07, 6.45) is 2.40. The van der Waals surface area contributed by atoms with Gasteiger partial charge in [0.1, 0.15) is 11.6 Å². The van der Waals surface area contributed by atoms with Gasteiger partial charge < -0.3 is 15.0 Å². The molecule has 1 unspecified atom stereocenters. The van der Waals surface area contributed by atoms with Crippen LogP contribution in [0.5, 0.6) is 0 Å². The highest BCUT2D eigenvalue weighted by Crippen LogP contribution is 2.47. The van der Waals surface area contributed by atoms with Crippen molar-refractivity contribution in [2.24, 2.45) is 17.8 Å². The van der Waals surface area contributed by atoms with Crippen LogP contribution in [0.4, 0.5) is 10.2 Å². The molecule has 2 aliphatic heterocycles. The van der Waals surface area contributed by atoms with Crippen LogP contribution in [-0.2, 0) is 4.74 Å². The van der Waals surface area contributed by atoms with Gasteiger partial charge in [0.15, 0.2) is 0 Å². The molecule has 3 heterocycles. The first-order chi connectivity index (χ1) is 13.7. The Morgan fingerprint density at radius 1 is 1.11 bits per heavy atom. The van der Waals surface area contributed by atoms with Gasteiger partial charge in [0, 0.05) is 44.5 Å². The highest BCUT2D eigenvalue weighted by atomic mass is 35.5. The number of nitrogens with zero attached hydrogens (tertiary/aromatic N) is 3. The van der Waals surface area contributed by atoms with E-state index < -0.39 is 0 Å². The average molecular weight is 403 g/mol.